The van der Waals surface area contributed by atoms with Gasteiger partial charge in [0.1, 0.15) is 0 Å². The van der Waals surface area contributed by atoms with Gasteiger partial charge < -0.3 is 0 Å². The third-order valence-corrected chi connectivity index (χ3v) is 8.78. The van der Waals surface area contributed by atoms with Gasteiger partial charge in [0.05, 0.1) is 0 Å². The van der Waals surface area contributed by atoms with Gasteiger partial charge in [0.2, 0.25) is 0 Å². The molecule has 0 aromatic heterocycles. The topological polar surface area (TPSA) is 72.3 Å². The van der Waals surface area contributed by atoms with E-state index in [9.17, 15) is 4.79 Å². The molecule has 96 valence electrons. The Kier molecular flexibility index (Phi) is 3.89. The Morgan fingerprint density at radius 1 is 1.65 bits per heavy atom. The Hall–Kier alpha value is -0.400. The number of carbonyl (C=O) groups excluding carboxylic acids is 1. The summed E-state index contributed by atoms with van der Waals surface area (Å²) in [6.45, 7) is 2.82. The number of alkyl halides is 1. The van der Waals surface area contributed by atoms with Crippen molar-refractivity contribution in [2.24, 2.45) is 17.4 Å². The van der Waals surface area contributed by atoms with Crippen LogP contribution in [0.1, 0.15) is 13.3 Å². The molecular weight excluding hydrogens is 329 g/mol. The number of carbonyl (C=O) groups is 1. The van der Waals surface area contributed by atoms with Gasteiger partial charge in [-0.15, -0.1) is 0 Å². The summed E-state index contributed by atoms with van der Waals surface area (Å²) in [7, 11) is 1.89. The quantitative estimate of drug-likeness (QED) is 0.345. The molecule has 5 heteroatoms. The van der Waals surface area contributed by atoms with Crippen molar-refractivity contribution in [1.29, 1.82) is 0 Å². The number of amides is 1. The number of hydrogen-bond donors (Lipinski definition) is 2. The van der Waals surface area contributed by atoms with Crippen molar-refractivity contribution in [3.63, 3.8) is 0 Å². The molecule has 0 aromatic rings. The predicted molar refractivity (Wildman–Crippen MR) is 79.0 cm³/mol. The third-order valence-electron chi connectivity index (χ3n) is 3.27. The Morgan fingerprint density at radius 2 is 2.35 bits per heavy atom. The molecule has 2 unspecified atom stereocenters. The molecule has 0 bridgehead atoms. The van der Waals surface area contributed by atoms with Crippen LogP contribution < -0.4 is 11.5 Å². The third kappa shape index (κ3) is 2.41. The number of halogens is 1. The van der Waals surface area contributed by atoms with Crippen molar-refractivity contribution in [3.05, 3.63) is 21.3 Å². The molecule has 0 spiro atoms. The second-order valence-corrected chi connectivity index (χ2v) is 9.72. The van der Waals surface area contributed by atoms with Crippen molar-refractivity contribution in [2.45, 2.75) is 19.4 Å². The first-order valence-electron chi connectivity index (χ1n) is 5.82. The van der Waals surface area contributed by atoms with Crippen LogP contribution in [-0.2, 0) is 0 Å². The number of hydrogen-bond acceptors (Lipinski definition) is 3. The molecule has 0 aromatic carbocycles. The summed E-state index contributed by atoms with van der Waals surface area (Å²) in [5, 5.41) is 0. The van der Waals surface area contributed by atoms with E-state index in [1.807, 2.05) is 18.9 Å². The van der Waals surface area contributed by atoms with E-state index in [0.717, 1.165) is 13.0 Å². The van der Waals surface area contributed by atoms with E-state index in [1.165, 1.54) is 9.15 Å². The van der Waals surface area contributed by atoms with E-state index in [0.29, 0.717) is 14.4 Å². The number of allylic oxidation sites excluding steroid dienone is 1. The second-order valence-electron chi connectivity index (χ2n) is 4.60. The molecule has 0 radical (unpaired) electrons. The summed E-state index contributed by atoms with van der Waals surface area (Å²) >= 11 is -1.84. The fraction of sp³-hybridized carbons (Fsp3) is 0.583. The second kappa shape index (κ2) is 5.07. The Bertz CT molecular complexity index is 389. The summed E-state index contributed by atoms with van der Waals surface area (Å²) in [5.74, 6) is 0.494. The number of fused-ring (bicyclic) bond motifs is 1. The molecule has 1 heterocycles. The summed E-state index contributed by atoms with van der Waals surface area (Å²) in [5.41, 5.74) is 12.9. The molecule has 1 aliphatic heterocycles. The Morgan fingerprint density at radius 3 is 2.94 bits per heavy atom. The Labute approximate surface area is 109 Å². The molecule has 2 rings (SSSR count). The molecule has 2 atom stereocenters. The van der Waals surface area contributed by atoms with Crippen LogP contribution in [0.4, 0.5) is 4.79 Å². The average molecular weight is 349 g/mol. The first-order chi connectivity index (χ1) is 8.04. The van der Waals surface area contributed by atoms with Crippen molar-refractivity contribution >= 4 is 23.7 Å². The number of nitrogens with zero attached hydrogens (tertiary/aromatic N) is 1. The van der Waals surface area contributed by atoms with Crippen LogP contribution in [0, 0.1) is 5.92 Å². The SMILES string of the molecule is CC(N)C1=CCC2CN(C)C(=O)I(CN)C2=C1. The Balaban J connectivity index is 2.31. The van der Waals surface area contributed by atoms with Gasteiger partial charge in [-0.3, -0.25) is 0 Å². The molecule has 2 aliphatic rings. The molecule has 4 N–H and O–H groups in total. The minimum absolute atomic E-state index is 0.0497. The standard InChI is InChI=1S/C12H20IN3O/c1-8(15)9-3-4-10-6-16(2)12(17)13(7-14)11(10)5-9/h3,5,8,10H,4,6-7,14-15H2,1-2H3. The number of rotatable bonds is 2. The zero-order valence-electron chi connectivity index (χ0n) is 10.3. The fourth-order valence-corrected chi connectivity index (χ4v) is 7.14. The minimum atomic E-state index is -1.84. The van der Waals surface area contributed by atoms with Gasteiger partial charge in [0.15, 0.2) is 0 Å². The van der Waals surface area contributed by atoms with E-state index in [4.69, 9.17) is 11.5 Å². The molecule has 17 heavy (non-hydrogen) atoms. The first-order valence-corrected chi connectivity index (χ1v) is 9.51. The van der Waals surface area contributed by atoms with Crippen LogP contribution in [0.25, 0.3) is 0 Å². The van der Waals surface area contributed by atoms with Crippen molar-refractivity contribution < 1.29 is 4.79 Å². The van der Waals surface area contributed by atoms with Crippen LogP contribution in [0.5, 0.6) is 0 Å². The van der Waals surface area contributed by atoms with E-state index < -0.39 is 19.8 Å². The van der Waals surface area contributed by atoms with Gasteiger partial charge in [-0.05, 0) is 0 Å². The molecular formula is C12H20IN3O. The maximum absolute atomic E-state index is 12.1. The maximum atomic E-state index is 12.1. The predicted octanol–water partition coefficient (Wildman–Crippen LogP) is 1.65. The summed E-state index contributed by atoms with van der Waals surface area (Å²) in [4.78, 5) is 14.0. The zero-order valence-corrected chi connectivity index (χ0v) is 12.5. The van der Waals surface area contributed by atoms with Crippen molar-refractivity contribution in [2.75, 3.05) is 18.1 Å². The van der Waals surface area contributed by atoms with Gasteiger partial charge in [0, 0.05) is 0 Å². The summed E-state index contributed by atoms with van der Waals surface area (Å²) in [6, 6.07) is 0.0497. The van der Waals surface area contributed by atoms with Crippen LogP contribution in [0.3, 0.4) is 0 Å². The zero-order chi connectivity index (χ0) is 12.6. The van der Waals surface area contributed by atoms with Crippen molar-refractivity contribution in [1.82, 2.24) is 4.90 Å². The molecule has 1 amide bonds. The van der Waals surface area contributed by atoms with Crippen LogP contribution in [-0.4, -0.2) is 33.0 Å². The molecule has 1 aliphatic carbocycles. The van der Waals surface area contributed by atoms with Gasteiger partial charge in [-0.1, -0.05) is 0 Å². The first kappa shape index (κ1) is 13.0. The van der Waals surface area contributed by atoms with Crippen LogP contribution in [0.2, 0.25) is 0 Å². The summed E-state index contributed by atoms with van der Waals surface area (Å²) in [6.07, 6.45) is 5.39. The van der Waals surface area contributed by atoms with Gasteiger partial charge in [-0.2, -0.15) is 0 Å². The van der Waals surface area contributed by atoms with E-state index in [2.05, 4.69) is 12.2 Å². The monoisotopic (exact) mass is 349 g/mol. The van der Waals surface area contributed by atoms with E-state index in [-0.39, 0.29) is 6.04 Å². The van der Waals surface area contributed by atoms with Crippen LogP contribution in [0.15, 0.2) is 21.3 Å². The molecule has 1 fully saturated rings. The molecule has 0 saturated carbocycles. The normalized spacial score (nSPS) is 28.5. The van der Waals surface area contributed by atoms with Crippen LogP contribution >= 0.6 is 19.8 Å². The average Bonchev–Trinajstić information content (AvgIpc) is 2.30. The van der Waals surface area contributed by atoms with Gasteiger partial charge >= 0.3 is 110 Å². The van der Waals surface area contributed by atoms with Gasteiger partial charge in [-0.25, -0.2) is 0 Å². The van der Waals surface area contributed by atoms with E-state index >= 15 is 0 Å². The number of nitrogens with two attached hydrogens (primary N) is 2. The fourth-order valence-electron chi connectivity index (χ4n) is 2.28. The molecule has 4 nitrogen and oxygen atoms in total. The molecule has 1 saturated heterocycles. The van der Waals surface area contributed by atoms with E-state index in [1.54, 1.807) is 0 Å². The van der Waals surface area contributed by atoms with Gasteiger partial charge in [0.25, 0.3) is 0 Å². The summed E-state index contributed by atoms with van der Waals surface area (Å²) < 4.78 is 2.18. The van der Waals surface area contributed by atoms with Crippen molar-refractivity contribution in [3.8, 4) is 0 Å².